The Bertz CT molecular complexity index is 540. The van der Waals surface area contributed by atoms with Crippen molar-refractivity contribution in [3.63, 3.8) is 0 Å². The molecule has 132 valence electrons. The van der Waals surface area contributed by atoms with Gasteiger partial charge in [-0.3, -0.25) is 9.59 Å². The van der Waals surface area contributed by atoms with Gasteiger partial charge in [0.2, 0.25) is 11.8 Å². The number of benzene rings is 1. The van der Waals surface area contributed by atoms with Gasteiger partial charge < -0.3 is 15.3 Å². The highest BCUT2D eigenvalue weighted by molar-refractivity contribution is 5.85. The maximum Gasteiger partial charge on any atom is 0.242 e. The van der Waals surface area contributed by atoms with Gasteiger partial charge in [0.05, 0.1) is 6.54 Å². The molecule has 5 heteroatoms. The second kappa shape index (κ2) is 9.42. The summed E-state index contributed by atoms with van der Waals surface area (Å²) in [6.07, 6.45) is 4.71. The van der Waals surface area contributed by atoms with Crippen molar-refractivity contribution in [2.45, 2.75) is 51.5 Å². The highest BCUT2D eigenvalue weighted by Crippen LogP contribution is 2.19. The van der Waals surface area contributed by atoms with Gasteiger partial charge in [0.15, 0.2) is 0 Å². The van der Waals surface area contributed by atoms with Gasteiger partial charge >= 0.3 is 0 Å². The number of likely N-dealkylation sites (tertiary alicyclic amines) is 1. The van der Waals surface area contributed by atoms with E-state index in [2.05, 4.69) is 5.32 Å². The normalized spacial score (nSPS) is 17.6. The molecule has 0 saturated carbocycles. The minimum absolute atomic E-state index is 0.0446. The Balaban J connectivity index is 1.73. The SMILES string of the molecule is Cc1ccc(CCC(=O)NCC(=O)N2CCCCC2CCO)cc1. The van der Waals surface area contributed by atoms with Crippen molar-refractivity contribution in [1.29, 1.82) is 0 Å². The number of hydrogen-bond acceptors (Lipinski definition) is 3. The molecule has 2 amide bonds. The summed E-state index contributed by atoms with van der Waals surface area (Å²) >= 11 is 0. The molecule has 1 aromatic carbocycles. The summed E-state index contributed by atoms with van der Waals surface area (Å²) in [6.45, 7) is 2.90. The zero-order valence-corrected chi connectivity index (χ0v) is 14.5. The Hall–Kier alpha value is -1.88. The number of piperidine rings is 1. The summed E-state index contributed by atoms with van der Waals surface area (Å²) in [5.41, 5.74) is 2.33. The maximum absolute atomic E-state index is 12.3. The van der Waals surface area contributed by atoms with Gasteiger partial charge in [0.1, 0.15) is 0 Å². The Morgan fingerprint density at radius 1 is 1.25 bits per heavy atom. The van der Waals surface area contributed by atoms with Crippen LogP contribution in [0.5, 0.6) is 0 Å². The molecule has 1 atom stereocenters. The van der Waals surface area contributed by atoms with Crippen molar-refractivity contribution < 1.29 is 14.7 Å². The molecule has 0 aromatic heterocycles. The molecule has 1 aromatic rings. The van der Waals surface area contributed by atoms with Gasteiger partial charge in [-0.05, 0) is 44.6 Å². The Morgan fingerprint density at radius 2 is 2.00 bits per heavy atom. The Kier molecular flexibility index (Phi) is 7.25. The van der Waals surface area contributed by atoms with Crippen LogP contribution in [0.3, 0.4) is 0 Å². The molecule has 1 saturated heterocycles. The molecule has 0 spiro atoms. The van der Waals surface area contributed by atoms with Crippen LogP contribution >= 0.6 is 0 Å². The average Bonchev–Trinajstić information content (AvgIpc) is 2.60. The molecule has 1 fully saturated rings. The summed E-state index contributed by atoms with van der Waals surface area (Å²) in [6, 6.07) is 8.24. The van der Waals surface area contributed by atoms with Crippen molar-refractivity contribution in [1.82, 2.24) is 10.2 Å². The monoisotopic (exact) mass is 332 g/mol. The molecule has 1 heterocycles. The van der Waals surface area contributed by atoms with Crippen LogP contribution in [0.1, 0.15) is 43.2 Å². The fraction of sp³-hybridized carbons (Fsp3) is 0.579. The van der Waals surface area contributed by atoms with E-state index in [-0.39, 0.29) is 31.0 Å². The van der Waals surface area contributed by atoms with Crippen LogP contribution in [-0.2, 0) is 16.0 Å². The lowest BCUT2D eigenvalue weighted by Crippen LogP contribution is -2.48. The third-order valence-corrected chi connectivity index (χ3v) is 4.61. The van der Waals surface area contributed by atoms with Crippen molar-refractivity contribution in [3.05, 3.63) is 35.4 Å². The lowest BCUT2D eigenvalue weighted by molar-refractivity contribution is -0.136. The second-order valence-corrected chi connectivity index (χ2v) is 6.51. The highest BCUT2D eigenvalue weighted by atomic mass is 16.3. The number of amides is 2. The third kappa shape index (κ3) is 5.64. The average molecular weight is 332 g/mol. The van der Waals surface area contributed by atoms with Crippen LogP contribution in [0.2, 0.25) is 0 Å². The summed E-state index contributed by atoms with van der Waals surface area (Å²) < 4.78 is 0. The topological polar surface area (TPSA) is 69.6 Å². The van der Waals surface area contributed by atoms with Crippen LogP contribution in [-0.4, -0.2) is 47.6 Å². The van der Waals surface area contributed by atoms with E-state index in [4.69, 9.17) is 5.11 Å². The number of hydrogen-bond donors (Lipinski definition) is 2. The second-order valence-electron chi connectivity index (χ2n) is 6.51. The molecule has 1 aliphatic heterocycles. The number of aliphatic hydroxyl groups excluding tert-OH is 1. The van der Waals surface area contributed by atoms with E-state index in [1.165, 1.54) is 5.56 Å². The first-order valence-electron chi connectivity index (χ1n) is 8.82. The van der Waals surface area contributed by atoms with E-state index >= 15 is 0 Å². The molecule has 1 unspecified atom stereocenters. The Morgan fingerprint density at radius 3 is 2.71 bits per heavy atom. The summed E-state index contributed by atoms with van der Waals surface area (Å²) in [4.78, 5) is 26.1. The lowest BCUT2D eigenvalue weighted by Gasteiger charge is -2.35. The maximum atomic E-state index is 12.3. The van der Waals surface area contributed by atoms with E-state index in [1.54, 1.807) is 0 Å². The van der Waals surface area contributed by atoms with Gasteiger partial charge in [-0.25, -0.2) is 0 Å². The fourth-order valence-corrected chi connectivity index (χ4v) is 3.15. The van der Waals surface area contributed by atoms with Crippen LogP contribution < -0.4 is 5.32 Å². The molecular formula is C19H28N2O3. The molecule has 0 radical (unpaired) electrons. The quantitative estimate of drug-likeness (QED) is 0.800. The zero-order chi connectivity index (χ0) is 17.4. The number of aliphatic hydroxyl groups is 1. The van der Waals surface area contributed by atoms with E-state index in [9.17, 15) is 9.59 Å². The number of aryl methyl sites for hydroxylation is 2. The predicted octanol–water partition coefficient (Wildman–Crippen LogP) is 1.81. The molecular weight excluding hydrogens is 304 g/mol. The minimum Gasteiger partial charge on any atom is -0.396 e. The largest absolute Gasteiger partial charge is 0.396 e. The summed E-state index contributed by atoms with van der Waals surface area (Å²) in [5, 5.41) is 11.9. The lowest BCUT2D eigenvalue weighted by atomic mass is 9.99. The van der Waals surface area contributed by atoms with Crippen LogP contribution in [0.25, 0.3) is 0 Å². The molecule has 5 nitrogen and oxygen atoms in total. The molecule has 2 N–H and O–H groups in total. The Labute approximate surface area is 144 Å². The van der Waals surface area contributed by atoms with E-state index in [0.717, 1.165) is 31.4 Å². The van der Waals surface area contributed by atoms with Gasteiger partial charge in [0.25, 0.3) is 0 Å². The van der Waals surface area contributed by atoms with Gasteiger partial charge in [-0.15, -0.1) is 0 Å². The minimum atomic E-state index is -0.0976. The van der Waals surface area contributed by atoms with Gasteiger partial charge in [-0.2, -0.15) is 0 Å². The zero-order valence-electron chi connectivity index (χ0n) is 14.5. The van der Waals surface area contributed by atoms with Crippen LogP contribution in [0.15, 0.2) is 24.3 Å². The number of carbonyl (C=O) groups excluding carboxylic acids is 2. The van der Waals surface area contributed by atoms with Gasteiger partial charge in [-0.1, -0.05) is 29.8 Å². The smallest absolute Gasteiger partial charge is 0.242 e. The standard InChI is InChI=1S/C19H28N2O3/c1-15-5-7-16(8-6-15)9-10-18(23)20-14-19(24)21-12-3-2-4-17(21)11-13-22/h5-8,17,22H,2-4,9-14H2,1H3,(H,20,23). The molecule has 0 aliphatic carbocycles. The van der Waals surface area contributed by atoms with Crippen molar-refractivity contribution in [3.8, 4) is 0 Å². The van der Waals surface area contributed by atoms with Crippen LogP contribution in [0.4, 0.5) is 0 Å². The van der Waals surface area contributed by atoms with Crippen molar-refractivity contribution in [2.75, 3.05) is 19.7 Å². The first-order chi connectivity index (χ1) is 11.6. The number of nitrogens with one attached hydrogen (secondary N) is 1. The van der Waals surface area contributed by atoms with Gasteiger partial charge in [0, 0.05) is 25.6 Å². The molecule has 24 heavy (non-hydrogen) atoms. The fourth-order valence-electron chi connectivity index (χ4n) is 3.15. The number of nitrogens with zero attached hydrogens (tertiary/aromatic N) is 1. The number of rotatable bonds is 7. The highest BCUT2D eigenvalue weighted by Gasteiger charge is 2.26. The van der Waals surface area contributed by atoms with E-state index in [1.807, 2.05) is 36.1 Å². The van der Waals surface area contributed by atoms with E-state index < -0.39 is 0 Å². The summed E-state index contributed by atoms with van der Waals surface area (Å²) in [5.74, 6) is -0.142. The first-order valence-corrected chi connectivity index (χ1v) is 8.82. The van der Waals surface area contributed by atoms with Crippen molar-refractivity contribution in [2.24, 2.45) is 0 Å². The summed E-state index contributed by atoms with van der Waals surface area (Å²) in [7, 11) is 0. The number of carbonyl (C=O) groups is 2. The third-order valence-electron chi connectivity index (χ3n) is 4.61. The van der Waals surface area contributed by atoms with Crippen molar-refractivity contribution >= 4 is 11.8 Å². The first kappa shape index (κ1) is 18.5. The molecule has 1 aliphatic rings. The predicted molar refractivity (Wildman–Crippen MR) is 93.6 cm³/mol. The van der Waals surface area contributed by atoms with Crippen LogP contribution in [0, 0.1) is 6.92 Å². The van der Waals surface area contributed by atoms with E-state index in [0.29, 0.717) is 19.3 Å². The molecule has 0 bridgehead atoms. The molecule has 2 rings (SSSR count).